The molecular formula is C17H22BrN3O2. The highest BCUT2D eigenvalue weighted by Gasteiger charge is 2.29. The van der Waals surface area contributed by atoms with Crippen LogP contribution in [-0.4, -0.2) is 39.7 Å². The van der Waals surface area contributed by atoms with Crippen LogP contribution >= 0.6 is 15.9 Å². The Balaban J connectivity index is 1.75. The van der Waals surface area contributed by atoms with Gasteiger partial charge < -0.3 is 14.6 Å². The summed E-state index contributed by atoms with van der Waals surface area (Å²) in [5.41, 5.74) is 1.51. The van der Waals surface area contributed by atoms with E-state index in [1.54, 1.807) is 4.90 Å². The lowest BCUT2D eigenvalue weighted by molar-refractivity contribution is 0.0196. The summed E-state index contributed by atoms with van der Waals surface area (Å²) in [5.74, 6) is 1.17. The molecule has 0 aliphatic carbocycles. The Bertz CT molecular complexity index is 720. The maximum Gasteiger partial charge on any atom is 0.410 e. The molecule has 2 heterocycles. The minimum atomic E-state index is -0.463. The predicted octanol–water partition coefficient (Wildman–Crippen LogP) is 4.44. The second-order valence-corrected chi connectivity index (χ2v) is 7.96. The Hall–Kier alpha value is -1.56. The summed E-state index contributed by atoms with van der Waals surface area (Å²) in [5, 5.41) is 0. The number of carbonyl (C=O) groups excluding carboxylic acids is 1. The van der Waals surface area contributed by atoms with E-state index in [4.69, 9.17) is 9.72 Å². The smallest absolute Gasteiger partial charge is 0.410 e. The zero-order valence-electron chi connectivity index (χ0n) is 13.7. The summed E-state index contributed by atoms with van der Waals surface area (Å²) >= 11 is 3.48. The zero-order valence-corrected chi connectivity index (χ0v) is 15.3. The van der Waals surface area contributed by atoms with Gasteiger partial charge in [-0.15, -0.1) is 0 Å². The first-order valence-electron chi connectivity index (χ1n) is 7.95. The van der Waals surface area contributed by atoms with Crippen molar-refractivity contribution in [2.75, 3.05) is 13.1 Å². The first-order valence-corrected chi connectivity index (χ1v) is 8.74. The fourth-order valence-corrected chi connectivity index (χ4v) is 3.25. The summed E-state index contributed by atoms with van der Waals surface area (Å²) in [6.07, 6.45) is 1.76. The van der Waals surface area contributed by atoms with Crippen LogP contribution in [0.2, 0.25) is 0 Å². The normalized spacial score (nSPS) is 19.1. The van der Waals surface area contributed by atoms with Gasteiger partial charge in [0.1, 0.15) is 11.4 Å². The van der Waals surface area contributed by atoms with E-state index in [-0.39, 0.29) is 12.0 Å². The number of nitrogens with one attached hydrogen (secondary N) is 1. The molecule has 0 bridgehead atoms. The van der Waals surface area contributed by atoms with Crippen molar-refractivity contribution in [2.24, 2.45) is 0 Å². The van der Waals surface area contributed by atoms with Gasteiger partial charge in [0.05, 0.1) is 11.0 Å². The van der Waals surface area contributed by atoms with Gasteiger partial charge in [-0.2, -0.15) is 0 Å². The molecular weight excluding hydrogens is 358 g/mol. The van der Waals surface area contributed by atoms with Crippen molar-refractivity contribution < 1.29 is 9.53 Å². The number of nitrogens with zero attached hydrogens (tertiary/aromatic N) is 2. The molecule has 1 aromatic carbocycles. The third-order valence-electron chi connectivity index (χ3n) is 3.92. The number of H-pyrrole nitrogens is 1. The Morgan fingerprint density at radius 1 is 1.43 bits per heavy atom. The van der Waals surface area contributed by atoms with Crippen molar-refractivity contribution in [3.63, 3.8) is 0 Å². The van der Waals surface area contributed by atoms with E-state index in [2.05, 4.69) is 20.9 Å². The molecule has 0 unspecified atom stereocenters. The number of aromatic nitrogens is 2. The number of amides is 1. The number of fused-ring (bicyclic) bond motifs is 1. The van der Waals surface area contributed by atoms with E-state index < -0.39 is 5.60 Å². The first kappa shape index (κ1) is 16.3. The van der Waals surface area contributed by atoms with Crippen molar-refractivity contribution >= 4 is 33.1 Å². The average Bonchev–Trinajstić information content (AvgIpc) is 2.88. The number of halogens is 1. The number of benzene rings is 1. The molecule has 0 saturated carbocycles. The topological polar surface area (TPSA) is 58.2 Å². The quantitative estimate of drug-likeness (QED) is 0.796. The zero-order chi connectivity index (χ0) is 16.6. The number of imidazole rings is 1. The standard InChI is InChI=1S/C17H22BrN3O2/c1-17(2,3)23-16(22)21-8-4-5-11(10-21)15-19-13-7-6-12(18)9-14(13)20-15/h6-7,9,11H,4-5,8,10H2,1-3H3,(H,19,20)/t11-/m1/s1. The molecule has 0 spiro atoms. The maximum absolute atomic E-state index is 12.3. The summed E-state index contributed by atoms with van der Waals surface area (Å²) in [6.45, 7) is 7.07. The number of aromatic amines is 1. The van der Waals surface area contributed by atoms with Crippen LogP contribution in [0.3, 0.4) is 0 Å². The highest BCUT2D eigenvalue weighted by Crippen LogP contribution is 2.28. The molecule has 3 rings (SSSR count). The van der Waals surface area contributed by atoms with Gasteiger partial charge in [0.25, 0.3) is 0 Å². The van der Waals surface area contributed by atoms with Crippen LogP contribution in [0.1, 0.15) is 45.4 Å². The largest absolute Gasteiger partial charge is 0.444 e. The van der Waals surface area contributed by atoms with Crippen molar-refractivity contribution in [1.29, 1.82) is 0 Å². The van der Waals surface area contributed by atoms with Crippen molar-refractivity contribution in [1.82, 2.24) is 14.9 Å². The molecule has 0 radical (unpaired) electrons. The number of hydrogen-bond donors (Lipinski definition) is 1. The van der Waals surface area contributed by atoms with Gasteiger partial charge in [0, 0.05) is 23.5 Å². The van der Waals surface area contributed by atoms with Crippen molar-refractivity contribution in [3.8, 4) is 0 Å². The van der Waals surface area contributed by atoms with Crippen LogP contribution < -0.4 is 0 Å². The molecule has 5 nitrogen and oxygen atoms in total. The van der Waals surface area contributed by atoms with E-state index in [0.29, 0.717) is 6.54 Å². The van der Waals surface area contributed by atoms with Crippen LogP contribution in [-0.2, 0) is 4.74 Å². The first-order chi connectivity index (χ1) is 10.8. The Morgan fingerprint density at radius 3 is 2.96 bits per heavy atom. The van der Waals surface area contributed by atoms with Crippen LogP contribution in [0.4, 0.5) is 4.79 Å². The van der Waals surface area contributed by atoms with Crippen LogP contribution in [0.5, 0.6) is 0 Å². The number of likely N-dealkylation sites (tertiary alicyclic amines) is 1. The fraction of sp³-hybridized carbons (Fsp3) is 0.529. The molecule has 1 aliphatic heterocycles. The minimum absolute atomic E-state index is 0.224. The molecule has 2 aromatic rings. The lowest BCUT2D eigenvalue weighted by Gasteiger charge is -2.33. The van der Waals surface area contributed by atoms with Crippen LogP contribution in [0, 0.1) is 0 Å². The number of carbonyl (C=O) groups is 1. The molecule has 124 valence electrons. The summed E-state index contributed by atoms with van der Waals surface area (Å²) in [4.78, 5) is 22.2. The second kappa shape index (κ2) is 6.15. The molecule has 23 heavy (non-hydrogen) atoms. The number of rotatable bonds is 1. The van der Waals surface area contributed by atoms with Gasteiger partial charge in [-0.1, -0.05) is 15.9 Å². The van der Waals surface area contributed by atoms with Gasteiger partial charge in [0.2, 0.25) is 0 Å². The molecule has 1 saturated heterocycles. The fourth-order valence-electron chi connectivity index (χ4n) is 2.89. The van der Waals surface area contributed by atoms with Gasteiger partial charge >= 0.3 is 6.09 Å². The van der Waals surface area contributed by atoms with Crippen molar-refractivity contribution in [2.45, 2.75) is 45.1 Å². The number of ether oxygens (including phenoxy) is 1. The van der Waals surface area contributed by atoms with Gasteiger partial charge in [-0.25, -0.2) is 9.78 Å². The lowest BCUT2D eigenvalue weighted by Crippen LogP contribution is -2.42. The monoisotopic (exact) mass is 379 g/mol. The van der Waals surface area contributed by atoms with Gasteiger partial charge in [-0.3, -0.25) is 0 Å². The highest BCUT2D eigenvalue weighted by atomic mass is 79.9. The molecule has 1 atom stereocenters. The highest BCUT2D eigenvalue weighted by molar-refractivity contribution is 9.10. The maximum atomic E-state index is 12.3. The third kappa shape index (κ3) is 3.86. The van der Waals surface area contributed by atoms with Crippen LogP contribution in [0.25, 0.3) is 11.0 Å². The Morgan fingerprint density at radius 2 is 2.22 bits per heavy atom. The number of piperidine rings is 1. The lowest BCUT2D eigenvalue weighted by atomic mass is 9.98. The van der Waals surface area contributed by atoms with E-state index >= 15 is 0 Å². The summed E-state index contributed by atoms with van der Waals surface area (Å²) in [7, 11) is 0. The molecule has 1 aromatic heterocycles. The minimum Gasteiger partial charge on any atom is -0.444 e. The molecule has 6 heteroatoms. The van der Waals surface area contributed by atoms with Crippen molar-refractivity contribution in [3.05, 3.63) is 28.5 Å². The molecule has 1 amide bonds. The van der Waals surface area contributed by atoms with Crippen LogP contribution in [0.15, 0.2) is 22.7 Å². The summed E-state index contributed by atoms with van der Waals surface area (Å²) in [6, 6.07) is 6.01. The SMILES string of the molecule is CC(C)(C)OC(=O)N1CCC[C@@H](c2nc3ccc(Br)cc3[nH]2)C1. The molecule has 1 fully saturated rings. The van der Waals surface area contributed by atoms with E-state index in [1.165, 1.54) is 0 Å². The molecule has 1 N–H and O–H groups in total. The van der Waals surface area contributed by atoms with Gasteiger partial charge in [0.15, 0.2) is 0 Å². The van der Waals surface area contributed by atoms with E-state index in [9.17, 15) is 4.79 Å². The third-order valence-corrected chi connectivity index (χ3v) is 4.42. The Kier molecular flexibility index (Phi) is 4.36. The molecule has 1 aliphatic rings. The second-order valence-electron chi connectivity index (χ2n) is 7.05. The predicted molar refractivity (Wildman–Crippen MR) is 93.6 cm³/mol. The Labute approximate surface area is 144 Å². The average molecular weight is 380 g/mol. The van der Waals surface area contributed by atoms with E-state index in [1.807, 2.05) is 39.0 Å². The number of hydrogen-bond acceptors (Lipinski definition) is 3. The summed E-state index contributed by atoms with van der Waals surface area (Å²) < 4.78 is 6.51. The van der Waals surface area contributed by atoms with E-state index in [0.717, 1.165) is 40.7 Å². The van der Waals surface area contributed by atoms with Gasteiger partial charge in [-0.05, 0) is 51.8 Å².